The predicted octanol–water partition coefficient (Wildman–Crippen LogP) is 2.62. The molecule has 0 saturated carbocycles. The molecule has 4 aromatic heterocycles. The number of sulfonamides is 1. The fourth-order valence-corrected chi connectivity index (χ4v) is 4.67. The number of fused-ring (bicyclic) bond motifs is 1. The van der Waals surface area contributed by atoms with E-state index in [-0.39, 0.29) is 11.0 Å². The molecule has 1 aliphatic heterocycles. The van der Waals surface area contributed by atoms with Gasteiger partial charge < -0.3 is 4.74 Å². The molecule has 1 saturated heterocycles. The Morgan fingerprint density at radius 1 is 1.03 bits per heavy atom. The van der Waals surface area contributed by atoms with Crippen LogP contribution in [0.1, 0.15) is 0 Å². The van der Waals surface area contributed by atoms with Gasteiger partial charge in [-0.2, -0.15) is 10.2 Å². The predicted molar refractivity (Wildman–Crippen MR) is 130 cm³/mol. The van der Waals surface area contributed by atoms with Crippen molar-refractivity contribution in [2.45, 2.75) is 6.54 Å². The normalized spacial score (nSPS) is 15.1. The average molecular weight is 502 g/mol. The van der Waals surface area contributed by atoms with Crippen LogP contribution in [0.3, 0.4) is 0 Å². The van der Waals surface area contributed by atoms with Gasteiger partial charge in [-0.25, -0.2) is 17.9 Å². The summed E-state index contributed by atoms with van der Waals surface area (Å²) < 4.78 is 34.7. The Balaban J connectivity index is 1.37. The number of morpholine rings is 1. The fourth-order valence-electron chi connectivity index (χ4n) is 3.98. The lowest BCUT2D eigenvalue weighted by Crippen LogP contribution is -2.38. The molecule has 1 aliphatic rings. The molecule has 0 aliphatic carbocycles. The molecule has 178 valence electrons. The van der Waals surface area contributed by atoms with Crippen LogP contribution in [-0.4, -0.2) is 76.8 Å². The van der Waals surface area contributed by atoms with Crippen molar-refractivity contribution in [3.05, 3.63) is 54.2 Å². The summed E-state index contributed by atoms with van der Waals surface area (Å²) in [6.45, 7) is 5.26. The SMILES string of the molecule is CS(=O)(=O)Nc1cc(-c2cnn3cc(-c4cnn(CCN5CCOCC5)c4)ccc23)cc(Cl)n1. The maximum absolute atomic E-state index is 11.6. The number of hydrogen-bond donors (Lipinski definition) is 1. The minimum absolute atomic E-state index is 0.158. The Morgan fingerprint density at radius 3 is 2.65 bits per heavy atom. The van der Waals surface area contributed by atoms with E-state index in [1.807, 2.05) is 35.4 Å². The molecule has 0 atom stereocenters. The summed E-state index contributed by atoms with van der Waals surface area (Å²) in [5, 5.41) is 9.18. The molecule has 5 heterocycles. The van der Waals surface area contributed by atoms with E-state index in [0.717, 1.165) is 67.9 Å². The zero-order chi connectivity index (χ0) is 23.7. The maximum Gasteiger partial charge on any atom is 0.230 e. The van der Waals surface area contributed by atoms with Gasteiger partial charge in [-0.1, -0.05) is 17.7 Å². The van der Waals surface area contributed by atoms with Gasteiger partial charge in [0.05, 0.1) is 43.9 Å². The summed E-state index contributed by atoms with van der Waals surface area (Å²) in [4.78, 5) is 6.42. The number of nitrogens with one attached hydrogen (secondary N) is 1. The first kappa shape index (κ1) is 22.8. The highest BCUT2D eigenvalue weighted by Gasteiger charge is 2.14. The van der Waals surface area contributed by atoms with Crippen LogP contribution in [0.25, 0.3) is 27.8 Å². The molecule has 1 fully saturated rings. The Labute approximate surface area is 202 Å². The summed E-state index contributed by atoms with van der Waals surface area (Å²) in [5.74, 6) is 0.158. The summed E-state index contributed by atoms with van der Waals surface area (Å²) in [5.41, 5.74) is 4.38. The van der Waals surface area contributed by atoms with Crippen molar-refractivity contribution in [2.24, 2.45) is 0 Å². The molecule has 12 heteroatoms. The minimum atomic E-state index is -3.48. The zero-order valence-electron chi connectivity index (χ0n) is 18.6. The number of halogens is 1. The number of ether oxygens (including phenoxy) is 1. The summed E-state index contributed by atoms with van der Waals surface area (Å²) in [6, 6.07) is 7.30. The summed E-state index contributed by atoms with van der Waals surface area (Å²) >= 11 is 6.14. The summed E-state index contributed by atoms with van der Waals surface area (Å²) in [6.07, 6.45) is 8.63. The molecule has 0 amide bonds. The van der Waals surface area contributed by atoms with Gasteiger partial charge in [-0.3, -0.25) is 14.3 Å². The van der Waals surface area contributed by atoms with Crippen molar-refractivity contribution in [3.63, 3.8) is 0 Å². The van der Waals surface area contributed by atoms with E-state index in [4.69, 9.17) is 16.3 Å². The van der Waals surface area contributed by atoms with Crippen molar-refractivity contribution in [2.75, 3.05) is 43.8 Å². The lowest BCUT2D eigenvalue weighted by Gasteiger charge is -2.26. The van der Waals surface area contributed by atoms with Crippen LogP contribution in [0, 0.1) is 0 Å². The molecule has 0 spiro atoms. The van der Waals surface area contributed by atoms with E-state index >= 15 is 0 Å². The van der Waals surface area contributed by atoms with E-state index in [1.165, 1.54) is 0 Å². The molecule has 4 aromatic rings. The van der Waals surface area contributed by atoms with Crippen LogP contribution in [0.4, 0.5) is 5.82 Å². The minimum Gasteiger partial charge on any atom is -0.379 e. The number of hydrogen-bond acceptors (Lipinski definition) is 7. The Hall–Kier alpha value is -2.99. The number of pyridine rings is 2. The van der Waals surface area contributed by atoms with E-state index in [2.05, 4.69) is 24.8 Å². The van der Waals surface area contributed by atoms with Crippen molar-refractivity contribution in [3.8, 4) is 22.3 Å². The highest BCUT2D eigenvalue weighted by Crippen LogP contribution is 2.30. The maximum atomic E-state index is 11.6. The Kier molecular flexibility index (Phi) is 6.26. The lowest BCUT2D eigenvalue weighted by molar-refractivity contribution is 0.0360. The second-order valence-electron chi connectivity index (χ2n) is 8.19. The standard InChI is InChI=1S/C22H24ClN7O3S/c1-34(31,32)27-22-11-17(10-21(23)26-22)19-13-25-30-15-16(2-3-20(19)30)18-12-24-29(14-18)5-4-28-6-8-33-9-7-28/h2-3,10-15H,4-9H2,1H3,(H,26,27). The van der Waals surface area contributed by atoms with E-state index in [1.54, 1.807) is 22.8 Å². The van der Waals surface area contributed by atoms with E-state index in [0.29, 0.717) is 5.56 Å². The first-order valence-electron chi connectivity index (χ1n) is 10.8. The first-order valence-corrected chi connectivity index (χ1v) is 13.1. The first-order chi connectivity index (χ1) is 16.3. The third kappa shape index (κ3) is 5.22. The molecular formula is C22H24ClN7O3S. The molecule has 0 unspecified atom stereocenters. The number of anilines is 1. The van der Waals surface area contributed by atoms with Gasteiger partial charge in [-0.05, 0) is 23.8 Å². The van der Waals surface area contributed by atoms with Crippen LogP contribution in [-0.2, 0) is 21.3 Å². The van der Waals surface area contributed by atoms with E-state index in [9.17, 15) is 8.42 Å². The molecule has 0 radical (unpaired) electrons. The zero-order valence-corrected chi connectivity index (χ0v) is 20.1. The van der Waals surface area contributed by atoms with Gasteiger partial charge in [0.1, 0.15) is 11.0 Å². The molecule has 0 aromatic carbocycles. The van der Waals surface area contributed by atoms with Crippen molar-refractivity contribution >= 4 is 33.0 Å². The summed E-state index contributed by atoms with van der Waals surface area (Å²) in [7, 11) is -3.48. The van der Waals surface area contributed by atoms with Crippen LogP contribution < -0.4 is 4.72 Å². The Bertz CT molecular complexity index is 1430. The lowest BCUT2D eigenvalue weighted by atomic mass is 10.1. The quantitative estimate of drug-likeness (QED) is 0.388. The molecule has 0 bridgehead atoms. The van der Waals surface area contributed by atoms with Crippen molar-refractivity contribution < 1.29 is 13.2 Å². The van der Waals surface area contributed by atoms with E-state index < -0.39 is 10.0 Å². The van der Waals surface area contributed by atoms with Gasteiger partial charge in [-0.15, -0.1) is 0 Å². The average Bonchev–Trinajstić information content (AvgIpc) is 3.43. The molecule has 34 heavy (non-hydrogen) atoms. The van der Waals surface area contributed by atoms with Crippen molar-refractivity contribution in [1.82, 2.24) is 29.3 Å². The topological polar surface area (TPSA) is 107 Å². The van der Waals surface area contributed by atoms with Crippen LogP contribution in [0.2, 0.25) is 5.15 Å². The highest BCUT2D eigenvalue weighted by molar-refractivity contribution is 7.92. The molecule has 5 rings (SSSR count). The van der Waals surface area contributed by atoms with Crippen LogP contribution in [0.15, 0.2) is 49.1 Å². The third-order valence-electron chi connectivity index (χ3n) is 5.63. The molecule has 1 N–H and O–H groups in total. The second kappa shape index (κ2) is 9.34. The second-order valence-corrected chi connectivity index (χ2v) is 10.3. The fraction of sp³-hybridized carbons (Fsp3) is 0.318. The van der Waals surface area contributed by atoms with Gasteiger partial charge in [0.2, 0.25) is 10.0 Å². The van der Waals surface area contributed by atoms with Crippen LogP contribution >= 0.6 is 11.6 Å². The molecule has 10 nitrogen and oxygen atoms in total. The Morgan fingerprint density at radius 2 is 1.85 bits per heavy atom. The van der Waals surface area contributed by atoms with Crippen LogP contribution in [0.5, 0.6) is 0 Å². The van der Waals surface area contributed by atoms with Crippen molar-refractivity contribution in [1.29, 1.82) is 0 Å². The molecular weight excluding hydrogens is 478 g/mol. The largest absolute Gasteiger partial charge is 0.379 e. The monoisotopic (exact) mass is 501 g/mol. The number of nitrogens with zero attached hydrogens (tertiary/aromatic N) is 6. The van der Waals surface area contributed by atoms with Gasteiger partial charge >= 0.3 is 0 Å². The highest BCUT2D eigenvalue weighted by atomic mass is 35.5. The smallest absolute Gasteiger partial charge is 0.230 e. The van der Waals surface area contributed by atoms with Gasteiger partial charge in [0, 0.05) is 48.7 Å². The number of rotatable bonds is 7. The van der Waals surface area contributed by atoms with Gasteiger partial charge in [0.15, 0.2) is 0 Å². The third-order valence-corrected chi connectivity index (χ3v) is 6.40. The van der Waals surface area contributed by atoms with Gasteiger partial charge in [0.25, 0.3) is 0 Å². The number of aromatic nitrogens is 5.